The summed E-state index contributed by atoms with van der Waals surface area (Å²) < 4.78 is 1.44. The summed E-state index contributed by atoms with van der Waals surface area (Å²) in [6.07, 6.45) is 0. The number of nitrogens with zero attached hydrogens (tertiary/aromatic N) is 2. The molecule has 0 saturated heterocycles. The van der Waals surface area contributed by atoms with Gasteiger partial charge in [0.15, 0.2) is 5.78 Å². The maximum atomic E-state index is 13.4. The van der Waals surface area contributed by atoms with Gasteiger partial charge in [0.05, 0.1) is 23.3 Å². The SMILES string of the molecule is CC(=O)Nc1ccccc1-c1nc2ccccc2n(CC(=O)c2ccccc2)c1=O. The summed E-state index contributed by atoms with van der Waals surface area (Å²) in [5, 5.41) is 2.74. The highest BCUT2D eigenvalue weighted by molar-refractivity contribution is 5.97. The van der Waals surface area contributed by atoms with Crippen molar-refractivity contribution in [1.29, 1.82) is 0 Å². The van der Waals surface area contributed by atoms with Gasteiger partial charge in [0, 0.05) is 18.1 Å². The zero-order valence-corrected chi connectivity index (χ0v) is 16.3. The Morgan fingerprint density at radius 1 is 0.900 bits per heavy atom. The van der Waals surface area contributed by atoms with Crippen LogP contribution in [0.2, 0.25) is 0 Å². The Balaban J connectivity index is 1.90. The number of carbonyl (C=O) groups excluding carboxylic acids is 2. The molecule has 3 aromatic carbocycles. The molecule has 1 aromatic heterocycles. The first-order valence-electron chi connectivity index (χ1n) is 9.49. The first-order valence-corrected chi connectivity index (χ1v) is 9.49. The molecule has 0 fully saturated rings. The first kappa shape index (κ1) is 19.3. The number of aromatic nitrogens is 2. The Bertz CT molecular complexity index is 1310. The molecule has 0 spiro atoms. The minimum Gasteiger partial charge on any atom is -0.326 e. The highest BCUT2D eigenvalue weighted by atomic mass is 16.2. The number of amides is 1. The summed E-state index contributed by atoms with van der Waals surface area (Å²) in [6.45, 7) is 1.29. The van der Waals surface area contributed by atoms with Crippen LogP contribution in [0.3, 0.4) is 0 Å². The van der Waals surface area contributed by atoms with Crippen molar-refractivity contribution in [2.45, 2.75) is 13.5 Å². The van der Waals surface area contributed by atoms with Crippen LogP contribution in [-0.4, -0.2) is 21.2 Å². The van der Waals surface area contributed by atoms with Crippen LogP contribution in [0.25, 0.3) is 22.3 Å². The van der Waals surface area contributed by atoms with Crippen LogP contribution in [0.5, 0.6) is 0 Å². The van der Waals surface area contributed by atoms with Crippen molar-refractivity contribution < 1.29 is 9.59 Å². The molecule has 1 heterocycles. The third-order valence-electron chi connectivity index (χ3n) is 4.74. The number of fused-ring (bicyclic) bond motifs is 1. The molecule has 0 aliphatic rings. The molecule has 30 heavy (non-hydrogen) atoms. The fourth-order valence-electron chi connectivity index (χ4n) is 3.37. The predicted octanol–water partition coefficient (Wildman–Crippen LogP) is 3.90. The van der Waals surface area contributed by atoms with Crippen molar-refractivity contribution in [3.63, 3.8) is 0 Å². The molecule has 0 aliphatic heterocycles. The van der Waals surface area contributed by atoms with Crippen LogP contribution < -0.4 is 10.9 Å². The van der Waals surface area contributed by atoms with E-state index in [1.54, 1.807) is 66.7 Å². The van der Waals surface area contributed by atoms with Gasteiger partial charge in [0.25, 0.3) is 5.56 Å². The fraction of sp³-hybridized carbons (Fsp3) is 0.0833. The lowest BCUT2D eigenvalue weighted by Gasteiger charge is -2.14. The van der Waals surface area contributed by atoms with E-state index in [4.69, 9.17) is 0 Å². The summed E-state index contributed by atoms with van der Waals surface area (Å²) in [4.78, 5) is 42.4. The van der Waals surface area contributed by atoms with Crippen molar-refractivity contribution in [3.05, 3.63) is 94.8 Å². The number of carbonyl (C=O) groups is 2. The molecule has 0 atom stereocenters. The second-order valence-electron chi connectivity index (χ2n) is 6.86. The summed E-state index contributed by atoms with van der Waals surface area (Å²) >= 11 is 0. The first-order chi connectivity index (χ1) is 14.5. The monoisotopic (exact) mass is 397 g/mol. The lowest BCUT2D eigenvalue weighted by atomic mass is 10.1. The van der Waals surface area contributed by atoms with Gasteiger partial charge >= 0.3 is 0 Å². The van der Waals surface area contributed by atoms with E-state index in [0.29, 0.717) is 27.8 Å². The molecule has 4 rings (SSSR count). The topological polar surface area (TPSA) is 81.1 Å². The smallest absolute Gasteiger partial charge is 0.278 e. The average molecular weight is 397 g/mol. The fourth-order valence-corrected chi connectivity index (χ4v) is 3.37. The lowest BCUT2D eigenvalue weighted by molar-refractivity contribution is -0.114. The molecule has 1 N–H and O–H groups in total. The van der Waals surface area contributed by atoms with Gasteiger partial charge in [-0.25, -0.2) is 4.98 Å². The molecule has 6 heteroatoms. The highest BCUT2D eigenvalue weighted by Crippen LogP contribution is 2.25. The molecule has 6 nitrogen and oxygen atoms in total. The summed E-state index contributed by atoms with van der Waals surface area (Å²) in [7, 11) is 0. The van der Waals surface area contributed by atoms with Gasteiger partial charge in [-0.3, -0.25) is 19.0 Å². The standard InChI is InChI=1S/C24H19N3O3/c1-16(28)25-19-12-6-5-11-18(19)23-24(30)27(21-14-8-7-13-20(21)26-23)15-22(29)17-9-3-2-4-10-17/h2-14H,15H2,1H3,(H,25,28). The van der Waals surface area contributed by atoms with Gasteiger partial charge in [-0.05, 0) is 18.2 Å². The Morgan fingerprint density at radius 2 is 1.57 bits per heavy atom. The Kier molecular flexibility index (Phi) is 5.22. The Morgan fingerprint density at radius 3 is 2.33 bits per heavy atom. The number of nitrogens with one attached hydrogen (secondary N) is 1. The van der Waals surface area contributed by atoms with E-state index in [0.717, 1.165) is 0 Å². The summed E-state index contributed by atoms with van der Waals surface area (Å²) in [5.74, 6) is -0.419. The molecular formula is C24H19N3O3. The van der Waals surface area contributed by atoms with Crippen LogP contribution in [-0.2, 0) is 11.3 Å². The third kappa shape index (κ3) is 3.75. The number of ketones is 1. The van der Waals surface area contributed by atoms with Crippen LogP contribution >= 0.6 is 0 Å². The molecule has 0 bridgehead atoms. The van der Waals surface area contributed by atoms with E-state index in [1.807, 2.05) is 12.1 Å². The molecular weight excluding hydrogens is 378 g/mol. The predicted molar refractivity (Wildman–Crippen MR) is 117 cm³/mol. The minimum absolute atomic E-state index is 0.110. The van der Waals surface area contributed by atoms with Crippen molar-refractivity contribution in [2.24, 2.45) is 0 Å². The molecule has 0 radical (unpaired) electrons. The molecule has 0 aliphatic carbocycles. The van der Waals surface area contributed by atoms with Crippen LogP contribution in [0, 0.1) is 0 Å². The number of hydrogen-bond donors (Lipinski definition) is 1. The number of rotatable bonds is 5. The Labute approximate surface area is 172 Å². The normalized spacial score (nSPS) is 10.7. The molecule has 148 valence electrons. The molecule has 0 saturated carbocycles. The van der Waals surface area contributed by atoms with E-state index < -0.39 is 5.56 Å². The number of anilines is 1. The third-order valence-corrected chi connectivity index (χ3v) is 4.74. The van der Waals surface area contributed by atoms with Crippen molar-refractivity contribution in [1.82, 2.24) is 9.55 Å². The van der Waals surface area contributed by atoms with Gasteiger partial charge in [0.1, 0.15) is 5.69 Å². The highest BCUT2D eigenvalue weighted by Gasteiger charge is 2.18. The van der Waals surface area contributed by atoms with Gasteiger partial charge in [-0.2, -0.15) is 0 Å². The van der Waals surface area contributed by atoms with Gasteiger partial charge in [0.2, 0.25) is 5.91 Å². The van der Waals surface area contributed by atoms with Crippen molar-refractivity contribution in [3.8, 4) is 11.3 Å². The van der Waals surface area contributed by atoms with E-state index >= 15 is 0 Å². The minimum atomic E-state index is -0.393. The van der Waals surface area contributed by atoms with Crippen LogP contribution in [0.4, 0.5) is 5.69 Å². The zero-order valence-electron chi connectivity index (χ0n) is 16.3. The quantitative estimate of drug-likeness (QED) is 0.518. The van der Waals surface area contributed by atoms with E-state index in [9.17, 15) is 14.4 Å². The number of para-hydroxylation sites is 3. The van der Waals surface area contributed by atoms with Gasteiger partial charge in [-0.1, -0.05) is 60.7 Å². The molecule has 4 aromatic rings. The number of hydrogen-bond acceptors (Lipinski definition) is 4. The summed E-state index contributed by atoms with van der Waals surface area (Å²) in [5.41, 5.74) is 2.48. The Hall–Kier alpha value is -4.06. The second kappa shape index (κ2) is 8.13. The largest absolute Gasteiger partial charge is 0.326 e. The number of Topliss-reactive ketones (excluding diaryl/α,β-unsaturated/α-hetero) is 1. The summed E-state index contributed by atoms with van der Waals surface area (Å²) in [6, 6.07) is 23.0. The maximum Gasteiger partial charge on any atom is 0.278 e. The van der Waals surface area contributed by atoms with Crippen molar-refractivity contribution in [2.75, 3.05) is 5.32 Å². The van der Waals surface area contributed by atoms with E-state index in [1.165, 1.54) is 11.5 Å². The lowest BCUT2D eigenvalue weighted by Crippen LogP contribution is -2.27. The van der Waals surface area contributed by atoms with Crippen LogP contribution in [0.1, 0.15) is 17.3 Å². The zero-order chi connectivity index (χ0) is 21.1. The molecule has 1 amide bonds. The van der Waals surface area contributed by atoms with Gasteiger partial charge in [-0.15, -0.1) is 0 Å². The molecule has 0 unspecified atom stereocenters. The van der Waals surface area contributed by atoms with Crippen molar-refractivity contribution >= 4 is 28.4 Å². The van der Waals surface area contributed by atoms with E-state index in [-0.39, 0.29) is 23.9 Å². The van der Waals surface area contributed by atoms with Crippen LogP contribution in [0.15, 0.2) is 83.7 Å². The van der Waals surface area contributed by atoms with E-state index in [2.05, 4.69) is 10.3 Å². The average Bonchev–Trinajstić information content (AvgIpc) is 2.76. The number of benzene rings is 3. The maximum absolute atomic E-state index is 13.4. The van der Waals surface area contributed by atoms with Gasteiger partial charge < -0.3 is 5.32 Å². The second-order valence-corrected chi connectivity index (χ2v) is 6.86.